The van der Waals surface area contributed by atoms with Crippen LogP contribution in [0.15, 0.2) is 52.5 Å². The maximum Gasteiger partial charge on any atom is 0.243 e. The molecule has 0 atom stereocenters. The number of thioether (sulfide) groups is 1. The quantitative estimate of drug-likeness (QED) is 0.724. The van der Waals surface area contributed by atoms with Gasteiger partial charge in [0.25, 0.3) is 0 Å². The predicted octanol–water partition coefficient (Wildman–Crippen LogP) is 1.62. The second-order valence-corrected chi connectivity index (χ2v) is 10.1. The summed E-state index contributed by atoms with van der Waals surface area (Å²) in [5, 5.41) is 2.78. The Morgan fingerprint density at radius 1 is 1.20 bits per heavy atom. The Bertz CT molecular complexity index is 1050. The summed E-state index contributed by atoms with van der Waals surface area (Å²) in [5.74, 6) is -0.334. The molecule has 0 aliphatic carbocycles. The third kappa shape index (κ3) is 4.35. The summed E-state index contributed by atoms with van der Waals surface area (Å²) in [7, 11) is -3.61. The zero-order chi connectivity index (χ0) is 21.1. The summed E-state index contributed by atoms with van der Waals surface area (Å²) in [6.45, 7) is 1.15. The van der Waals surface area contributed by atoms with Crippen LogP contribution in [0, 0.1) is 0 Å². The van der Waals surface area contributed by atoms with Crippen LogP contribution in [-0.2, 0) is 26.2 Å². The van der Waals surface area contributed by atoms with Crippen LogP contribution in [-0.4, -0.2) is 54.9 Å². The molecule has 1 aromatic heterocycles. The lowest BCUT2D eigenvalue weighted by molar-refractivity contribution is -0.123. The number of anilines is 1. The molecule has 2 amide bonds. The molecule has 0 bridgehead atoms. The van der Waals surface area contributed by atoms with Crippen LogP contribution in [0.25, 0.3) is 0 Å². The van der Waals surface area contributed by atoms with Gasteiger partial charge in [-0.15, -0.1) is 11.8 Å². The van der Waals surface area contributed by atoms with E-state index in [1.807, 2.05) is 6.07 Å². The highest BCUT2D eigenvalue weighted by Gasteiger charge is 2.31. The van der Waals surface area contributed by atoms with Crippen LogP contribution in [0.4, 0.5) is 5.69 Å². The van der Waals surface area contributed by atoms with E-state index in [9.17, 15) is 18.0 Å². The molecule has 158 valence electrons. The number of sulfonamides is 1. The van der Waals surface area contributed by atoms with Gasteiger partial charge in [-0.25, -0.2) is 8.42 Å². The van der Waals surface area contributed by atoms with Gasteiger partial charge in [-0.2, -0.15) is 4.31 Å². The van der Waals surface area contributed by atoms with Crippen molar-refractivity contribution in [3.8, 4) is 0 Å². The van der Waals surface area contributed by atoms with Crippen molar-refractivity contribution >= 4 is 39.3 Å². The number of pyridine rings is 1. The summed E-state index contributed by atoms with van der Waals surface area (Å²) < 4.78 is 27.3. The first-order valence-corrected chi connectivity index (χ1v) is 12.1. The van der Waals surface area contributed by atoms with Crippen molar-refractivity contribution in [2.24, 2.45) is 0 Å². The largest absolute Gasteiger partial charge is 0.350 e. The van der Waals surface area contributed by atoms with Crippen molar-refractivity contribution in [3.63, 3.8) is 0 Å². The lowest BCUT2D eigenvalue weighted by Gasteiger charge is -2.29. The first-order valence-electron chi connectivity index (χ1n) is 9.68. The molecule has 3 heterocycles. The third-order valence-electron chi connectivity index (χ3n) is 5.09. The Morgan fingerprint density at radius 2 is 2.00 bits per heavy atom. The molecule has 1 N–H and O–H groups in total. The van der Waals surface area contributed by atoms with Gasteiger partial charge in [0.2, 0.25) is 21.8 Å². The molecule has 4 rings (SSSR count). The number of hydrogen-bond acceptors (Lipinski definition) is 6. The van der Waals surface area contributed by atoms with Gasteiger partial charge in [0, 0.05) is 36.9 Å². The predicted molar refractivity (Wildman–Crippen MR) is 114 cm³/mol. The summed E-state index contributed by atoms with van der Waals surface area (Å²) in [6.07, 6.45) is 5.01. The van der Waals surface area contributed by atoms with Crippen LogP contribution in [0.2, 0.25) is 0 Å². The summed E-state index contributed by atoms with van der Waals surface area (Å²) in [6, 6.07) is 8.44. The Kier molecular flexibility index (Phi) is 6.07. The average Bonchev–Trinajstić information content (AvgIpc) is 3.30. The van der Waals surface area contributed by atoms with Gasteiger partial charge in [0.1, 0.15) is 6.54 Å². The summed E-state index contributed by atoms with van der Waals surface area (Å²) in [4.78, 5) is 31.3. The van der Waals surface area contributed by atoms with Crippen LogP contribution < -0.4 is 10.2 Å². The standard InChI is InChI=1S/C20H22N4O4S2/c25-19(22-12-15-4-3-7-21-11-15)13-24-17-10-16(5-6-18(17)29-14-20(24)26)30(27,28)23-8-1-2-9-23/h3-7,10-11H,1-2,8-9,12-14H2,(H,22,25). The smallest absolute Gasteiger partial charge is 0.243 e. The van der Waals surface area contributed by atoms with Crippen LogP contribution in [0.1, 0.15) is 18.4 Å². The first-order chi connectivity index (χ1) is 14.4. The highest BCUT2D eigenvalue weighted by Crippen LogP contribution is 2.37. The minimum absolute atomic E-state index is 0.152. The van der Waals surface area contributed by atoms with E-state index in [0.717, 1.165) is 23.3 Å². The van der Waals surface area contributed by atoms with Crippen molar-refractivity contribution < 1.29 is 18.0 Å². The van der Waals surface area contributed by atoms with E-state index in [-0.39, 0.29) is 29.0 Å². The zero-order valence-corrected chi connectivity index (χ0v) is 17.9. The number of carbonyl (C=O) groups is 2. The molecule has 1 fully saturated rings. The number of carbonyl (C=O) groups excluding carboxylic acids is 2. The first kappa shape index (κ1) is 20.8. The number of nitrogens with one attached hydrogen (secondary N) is 1. The molecule has 2 aromatic rings. The van der Waals surface area contributed by atoms with E-state index in [2.05, 4.69) is 10.3 Å². The second-order valence-electron chi connectivity index (χ2n) is 7.15. The lowest BCUT2D eigenvalue weighted by Crippen LogP contribution is -2.43. The number of benzene rings is 1. The van der Waals surface area contributed by atoms with E-state index in [1.54, 1.807) is 30.6 Å². The van der Waals surface area contributed by atoms with Crippen molar-refractivity contribution in [1.82, 2.24) is 14.6 Å². The molecular weight excluding hydrogens is 424 g/mol. The topological polar surface area (TPSA) is 99.7 Å². The van der Waals surface area contributed by atoms with Gasteiger partial charge in [-0.3, -0.25) is 14.6 Å². The normalized spacial score (nSPS) is 17.1. The Hall–Kier alpha value is -2.43. The van der Waals surface area contributed by atoms with Crippen molar-refractivity contribution in [3.05, 3.63) is 48.3 Å². The van der Waals surface area contributed by atoms with Crippen LogP contribution >= 0.6 is 11.8 Å². The molecular formula is C20H22N4O4S2. The third-order valence-corrected chi connectivity index (χ3v) is 8.03. The van der Waals surface area contributed by atoms with Crippen LogP contribution in [0.5, 0.6) is 0 Å². The minimum Gasteiger partial charge on any atom is -0.350 e. The van der Waals surface area contributed by atoms with Gasteiger partial charge in [-0.05, 0) is 42.7 Å². The molecule has 0 unspecified atom stereocenters. The van der Waals surface area contributed by atoms with Crippen molar-refractivity contribution in [2.75, 3.05) is 30.3 Å². The van der Waals surface area contributed by atoms with E-state index >= 15 is 0 Å². The fraction of sp³-hybridized carbons (Fsp3) is 0.350. The van der Waals surface area contributed by atoms with E-state index in [4.69, 9.17) is 0 Å². The van der Waals surface area contributed by atoms with Gasteiger partial charge < -0.3 is 10.2 Å². The number of fused-ring (bicyclic) bond motifs is 1. The van der Waals surface area contributed by atoms with E-state index in [0.29, 0.717) is 25.3 Å². The average molecular weight is 447 g/mol. The molecule has 8 nitrogen and oxygen atoms in total. The summed E-state index contributed by atoms with van der Waals surface area (Å²) >= 11 is 1.35. The monoisotopic (exact) mass is 446 g/mol. The number of amides is 2. The molecule has 0 spiro atoms. The lowest BCUT2D eigenvalue weighted by atomic mass is 10.2. The summed E-state index contributed by atoms with van der Waals surface area (Å²) in [5.41, 5.74) is 1.32. The van der Waals surface area contributed by atoms with Gasteiger partial charge >= 0.3 is 0 Å². The van der Waals surface area contributed by atoms with E-state index in [1.165, 1.54) is 27.0 Å². The second kappa shape index (κ2) is 8.75. The Morgan fingerprint density at radius 3 is 2.73 bits per heavy atom. The highest BCUT2D eigenvalue weighted by molar-refractivity contribution is 8.00. The number of nitrogens with zero attached hydrogens (tertiary/aromatic N) is 3. The molecule has 2 aliphatic rings. The minimum atomic E-state index is -3.61. The molecule has 1 saturated heterocycles. The number of aromatic nitrogens is 1. The van der Waals surface area contributed by atoms with Crippen LogP contribution in [0.3, 0.4) is 0 Å². The molecule has 1 aromatic carbocycles. The molecule has 0 saturated carbocycles. The molecule has 0 radical (unpaired) electrons. The number of rotatable bonds is 6. The fourth-order valence-corrected chi connectivity index (χ4v) is 5.95. The number of hydrogen-bond donors (Lipinski definition) is 1. The van der Waals surface area contributed by atoms with Gasteiger partial charge in [0.15, 0.2) is 0 Å². The van der Waals surface area contributed by atoms with Crippen molar-refractivity contribution in [1.29, 1.82) is 0 Å². The van der Waals surface area contributed by atoms with Gasteiger partial charge in [0.05, 0.1) is 16.3 Å². The molecule has 10 heteroatoms. The Labute approximate surface area is 179 Å². The van der Waals surface area contributed by atoms with Gasteiger partial charge in [-0.1, -0.05) is 6.07 Å². The SMILES string of the molecule is O=C(CN1C(=O)CSc2ccc(S(=O)(=O)N3CCCC3)cc21)NCc1cccnc1. The Balaban J connectivity index is 1.53. The highest BCUT2D eigenvalue weighted by atomic mass is 32.2. The molecule has 2 aliphatic heterocycles. The maximum atomic E-state index is 12.9. The van der Waals surface area contributed by atoms with Crippen molar-refractivity contribution in [2.45, 2.75) is 29.2 Å². The zero-order valence-electron chi connectivity index (χ0n) is 16.3. The van der Waals surface area contributed by atoms with E-state index < -0.39 is 10.0 Å². The molecule has 30 heavy (non-hydrogen) atoms. The fourth-order valence-electron chi connectivity index (χ4n) is 3.50. The maximum absolute atomic E-state index is 12.9.